The van der Waals surface area contributed by atoms with Gasteiger partial charge in [0.2, 0.25) is 0 Å². The number of nitrogens with one attached hydrogen (secondary N) is 1. The molecular formula is C23H21Cl2NO3. The molecule has 0 aliphatic rings. The topological polar surface area (TPSA) is 47.6 Å². The van der Waals surface area contributed by atoms with E-state index in [1.165, 1.54) is 0 Å². The number of carbonyl (C=O) groups excluding carboxylic acids is 1. The Labute approximate surface area is 180 Å². The molecule has 0 saturated carbocycles. The average molecular weight is 430 g/mol. The zero-order valence-corrected chi connectivity index (χ0v) is 17.7. The fourth-order valence-corrected chi connectivity index (χ4v) is 3.15. The van der Waals surface area contributed by atoms with Gasteiger partial charge >= 0.3 is 0 Å². The summed E-state index contributed by atoms with van der Waals surface area (Å²) in [6.07, 6.45) is 0. The van der Waals surface area contributed by atoms with Gasteiger partial charge in [0.15, 0.2) is 0 Å². The third-order valence-electron chi connectivity index (χ3n) is 4.30. The summed E-state index contributed by atoms with van der Waals surface area (Å²) in [4.78, 5) is 12.7. The van der Waals surface area contributed by atoms with Gasteiger partial charge in [0.1, 0.15) is 18.1 Å². The first-order valence-electron chi connectivity index (χ1n) is 9.19. The van der Waals surface area contributed by atoms with Crippen LogP contribution in [0.5, 0.6) is 11.5 Å². The number of anilines is 1. The Morgan fingerprint density at radius 3 is 2.52 bits per heavy atom. The van der Waals surface area contributed by atoms with E-state index in [1.807, 2.05) is 38.1 Å². The molecule has 0 radical (unpaired) electrons. The third-order valence-corrected chi connectivity index (χ3v) is 5.12. The molecule has 3 rings (SSSR count). The van der Waals surface area contributed by atoms with Crippen LogP contribution < -0.4 is 14.8 Å². The first kappa shape index (κ1) is 21.0. The van der Waals surface area contributed by atoms with E-state index in [-0.39, 0.29) is 12.5 Å². The van der Waals surface area contributed by atoms with Gasteiger partial charge in [0, 0.05) is 11.1 Å². The molecule has 29 heavy (non-hydrogen) atoms. The molecule has 1 amide bonds. The Balaban J connectivity index is 1.82. The van der Waals surface area contributed by atoms with Crippen LogP contribution in [0.15, 0.2) is 60.7 Å². The lowest BCUT2D eigenvalue weighted by Crippen LogP contribution is -2.13. The predicted molar refractivity (Wildman–Crippen MR) is 118 cm³/mol. The Kier molecular flexibility index (Phi) is 7.02. The Hall–Kier alpha value is -2.69. The molecule has 0 heterocycles. The summed E-state index contributed by atoms with van der Waals surface area (Å²) in [5, 5.41) is 3.47. The molecule has 1 N–H and O–H groups in total. The smallest absolute Gasteiger partial charge is 0.255 e. The van der Waals surface area contributed by atoms with Gasteiger partial charge in [0.25, 0.3) is 5.91 Å². The summed E-state index contributed by atoms with van der Waals surface area (Å²) >= 11 is 12.2. The lowest BCUT2D eigenvalue weighted by molar-refractivity contribution is 0.102. The van der Waals surface area contributed by atoms with Gasteiger partial charge in [-0.2, -0.15) is 0 Å². The number of amides is 1. The fraction of sp³-hybridized carbons (Fsp3) is 0.174. The van der Waals surface area contributed by atoms with Crippen molar-refractivity contribution in [1.82, 2.24) is 0 Å². The molecule has 0 atom stereocenters. The fourth-order valence-electron chi connectivity index (χ4n) is 2.80. The molecule has 0 aliphatic heterocycles. The molecule has 0 aromatic heterocycles. The summed E-state index contributed by atoms with van der Waals surface area (Å²) in [7, 11) is 0. The molecule has 0 fully saturated rings. The zero-order valence-electron chi connectivity index (χ0n) is 16.2. The molecule has 0 spiro atoms. The summed E-state index contributed by atoms with van der Waals surface area (Å²) in [5.41, 5.74) is 2.73. The van der Waals surface area contributed by atoms with Crippen LogP contribution in [0, 0.1) is 6.92 Å². The minimum absolute atomic E-state index is 0.277. The van der Waals surface area contributed by atoms with Crippen molar-refractivity contribution >= 4 is 34.8 Å². The maximum Gasteiger partial charge on any atom is 0.255 e. The molecule has 0 bridgehead atoms. The largest absolute Gasteiger partial charge is 0.493 e. The van der Waals surface area contributed by atoms with Gasteiger partial charge in [0.05, 0.1) is 22.3 Å². The van der Waals surface area contributed by atoms with Gasteiger partial charge in [-0.3, -0.25) is 4.79 Å². The van der Waals surface area contributed by atoms with Gasteiger partial charge in [-0.15, -0.1) is 0 Å². The number of hydrogen-bond donors (Lipinski definition) is 1. The highest BCUT2D eigenvalue weighted by atomic mass is 35.5. The molecule has 150 valence electrons. The molecule has 4 nitrogen and oxygen atoms in total. The van der Waals surface area contributed by atoms with Crippen molar-refractivity contribution in [3.8, 4) is 11.5 Å². The van der Waals surface area contributed by atoms with Gasteiger partial charge in [-0.1, -0.05) is 47.5 Å². The van der Waals surface area contributed by atoms with Crippen molar-refractivity contribution in [3.63, 3.8) is 0 Å². The minimum Gasteiger partial charge on any atom is -0.493 e. The predicted octanol–water partition coefficient (Wildman–Crippen LogP) is 6.53. The Morgan fingerprint density at radius 1 is 0.966 bits per heavy atom. The monoisotopic (exact) mass is 429 g/mol. The van der Waals surface area contributed by atoms with Crippen LogP contribution in [0.2, 0.25) is 10.0 Å². The molecule has 3 aromatic rings. The quantitative estimate of drug-likeness (QED) is 0.464. The SMILES string of the molecule is CCOc1ccc(C(=O)Nc2cccc(Cl)c2Cl)cc1COc1ccccc1C. The van der Waals surface area contributed by atoms with E-state index in [1.54, 1.807) is 36.4 Å². The number of benzene rings is 3. The Bertz CT molecular complexity index is 1020. The zero-order chi connectivity index (χ0) is 20.8. The normalized spacial score (nSPS) is 10.5. The van der Waals surface area contributed by atoms with Gasteiger partial charge in [-0.05, 0) is 55.8 Å². The average Bonchev–Trinajstić information content (AvgIpc) is 2.72. The molecular weight excluding hydrogens is 409 g/mol. The highest BCUT2D eigenvalue weighted by Crippen LogP contribution is 2.30. The summed E-state index contributed by atoms with van der Waals surface area (Å²) in [6.45, 7) is 4.69. The van der Waals surface area contributed by atoms with Crippen LogP contribution in [-0.2, 0) is 6.61 Å². The minimum atomic E-state index is -0.297. The van der Waals surface area contributed by atoms with Gasteiger partial charge in [-0.25, -0.2) is 0 Å². The summed E-state index contributed by atoms with van der Waals surface area (Å²) in [5.74, 6) is 1.17. The van der Waals surface area contributed by atoms with E-state index in [0.29, 0.717) is 33.7 Å². The van der Waals surface area contributed by atoms with E-state index in [0.717, 1.165) is 16.9 Å². The van der Waals surface area contributed by atoms with Crippen LogP contribution in [-0.4, -0.2) is 12.5 Å². The maximum absolute atomic E-state index is 12.7. The first-order chi connectivity index (χ1) is 14.0. The van der Waals surface area contributed by atoms with Crippen LogP contribution >= 0.6 is 23.2 Å². The lowest BCUT2D eigenvalue weighted by Gasteiger charge is -2.15. The molecule has 0 unspecified atom stereocenters. The van der Waals surface area contributed by atoms with Gasteiger partial charge < -0.3 is 14.8 Å². The Morgan fingerprint density at radius 2 is 1.76 bits per heavy atom. The first-order valence-corrected chi connectivity index (χ1v) is 9.94. The molecule has 6 heteroatoms. The standard InChI is InChI=1S/C23H21Cl2NO3/c1-3-28-21-12-11-16(23(27)26-19-9-6-8-18(24)22(19)25)13-17(21)14-29-20-10-5-4-7-15(20)2/h4-13H,3,14H2,1-2H3,(H,26,27). The van der Waals surface area contributed by atoms with E-state index in [2.05, 4.69) is 5.32 Å². The second-order valence-corrected chi connectivity index (χ2v) is 7.15. The van der Waals surface area contributed by atoms with Crippen LogP contribution in [0.3, 0.4) is 0 Å². The van der Waals surface area contributed by atoms with Crippen LogP contribution in [0.1, 0.15) is 28.4 Å². The third kappa shape index (κ3) is 5.22. The van der Waals surface area contributed by atoms with Crippen LogP contribution in [0.25, 0.3) is 0 Å². The molecule has 3 aromatic carbocycles. The van der Waals surface area contributed by atoms with Crippen molar-refractivity contribution in [1.29, 1.82) is 0 Å². The second-order valence-electron chi connectivity index (χ2n) is 6.37. The van der Waals surface area contributed by atoms with E-state index >= 15 is 0 Å². The number of halogens is 2. The highest BCUT2D eigenvalue weighted by Gasteiger charge is 2.14. The van der Waals surface area contributed by atoms with Crippen molar-refractivity contribution < 1.29 is 14.3 Å². The van der Waals surface area contributed by atoms with Crippen LogP contribution in [0.4, 0.5) is 5.69 Å². The summed E-state index contributed by atoms with van der Waals surface area (Å²) < 4.78 is 11.6. The molecule has 0 aliphatic carbocycles. The van der Waals surface area contributed by atoms with E-state index in [9.17, 15) is 4.79 Å². The van der Waals surface area contributed by atoms with Crippen molar-refractivity contribution in [2.24, 2.45) is 0 Å². The highest BCUT2D eigenvalue weighted by molar-refractivity contribution is 6.44. The number of hydrogen-bond acceptors (Lipinski definition) is 3. The number of aryl methyl sites for hydroxylation is 1. The maximum atomic E-state index is 12.7. The number of rotatable bonds is 7. The van der Waals surface area contributed by atoms with Crippen molar-refractivity contribution in [2.75, 3.05) is 11.9 Å². The van der Waals surface area contributed by atoms with Crippen molar-refractivity contribution in [3.05, 3.63) is 87.4 Å². The second kappa shape index (κ2) is 9.68. The molecule has 0 saturated heterocycles. The van der Waals surface area contributed by atoms with Crippen molar-refractivity contribution in [2.45, 2.75) is 20.5 Å². The lowest BCUT2D eigenvalue weighted by atomic mass is 10.1. The van der Waals surface area contributed by atoms with E-state index in [4.69, 9.17) is 32.7 Å². The summed E-state index contributed by atoms with van der Waals surface area (Å²) in [6, 6.07) is 18.1. The number of para-hydroxylation sites is 1. The number of carbonyl (C=O) groups is 1. The number of ether oxygens (including phenoxy) is 2. The van der Waals surface area contributed by atoms with E-state index < -0.39 is 0 Å².